The minimum Gasteiger partial charge on any atom is -0.310 e. The standard InChI is InChI=1S/C46H31N3/c1-3-15-34(16-4-1)48-43-21-11-9-19-39(43)41-30-37(25-27-45(41)48)47(36-24-23-32-13-7-8-14-33(32)29-36)38-26-28-46-42(31-38)40-20-10-12-22-44(40)49(46)35-17-5-2-6-18-35/h1-31H. The summed E-state index contributed by atoms with van der Waals surface area (Å²) in [4.78, 5) is 2.41. The predicted molar refractivity (Wildman–Crippen MR) is 207 cm³/mol. The molecule has 230 valence electrons. The van der Waals surface area contributed by atoms with Gasteiger partial charge >= 0.3 is 0 Å². The van der Waals surface area contributed by atoms with Gasteiger partial charge in [0.05, 0.1) is 22.1 Å². The van der Waals surface area contributed by atoms with Gasteiger partial charge in [-0.15, -0.1) is 0 Å². The van der Waals surface area contributed by atoms with Crippen LogP contribution in [0.15, 0.2) is 188 Å². The quantitative estimate of drug-likeness (QED) is 0.185. The molecule has 0 spiro atoms. The number of benzene rings is 8. The van der Waals surface area contributed by atoms with Crippen molar-refractivity contribution in [2.24, 2.45) is 0 Å². The van der Waals surface area contributed by atoms with E-state index in [-0.39, 0.29) is 0 Å². The van der Waals surface area contributed by atoms with Crippen LogP contribution in [0.2, 0.25) is 0 Å². The van der Waals surface area contributed by atoms with Crippen LogP contribution in [0.3, 0.4) is 0 Å². The normalized spacial score (nSPS) is 11.7. The van der Waals surface area contributed by atoms with Crippen LogP contribution in [0.5, 0.6) is 0 Å². The fraction of sp³-hybridized carbons (Fsp3) is 0. The van der Waals surface area contributed by atoms with Crippen molar-refractivity contribution >= 4 is 71.4 Å². The lowest BCUT2D eigenvalue weighted by Gasteiger charge is -2.26. The van der Waals surface area contributed by atoms with Crippen LogP contribution in [0.25, 0.3) is 65.8 Å². The molecule has 2 aromatic heterocycles. The minimum absolute atomic E-state index is 1.12. The Bertz CT molecular complexity index is 2670. The Hall–Kier alpha value is -6.58. The summed E-state index contributed by atoms with van der Waals surface area (Å²) in [6.07, 6.45) is 0. The second-order valence-electron chi connectivity index (χ2n) is 12.6. The second-order valence-corrected chi connectivity index (χ2v) is 12.6. The molecule has 0 saturated heterocycles. The molecule has 0 radical (unpaired) electrons. The molecule has 0 N–H and O–H groups in total. The van der Waals surface area contributed by atoms with E-state index in [1.54, 1.807) is 0 Å². The molecule has 0 atom stereocenters. The maximum absolute atomic E-state index is 2.41. The Kier molecular flexibility index (Phi) is 6.18. The number of aromatic nitrogens is 2. The Morgan fingerprint density at radius 1 is 0.286 bits per heavy atom. The van der Waals surface area contributed by atoms with Gasteiger partial charge < -0.3 is 14.0 Å². The highest BCUT2D eigenvalue weighted by molar-refractivity contribution is 6.12. The van der Waals surface area contributed by atoms with Crippen molar-refractivity contribution in [2.45, 2.75) is 0 Å². The van der Waals surface area contributed by atoms with Crippen molar-refractivity contribution in [2.75, 3.05) is 4.90 Å². The molecule has 0 aliphatic heterocycles. The predicted octanol–water partition coefficient (Wildman–Crippen LogP) is 12.5. The SMILES string of the molecule is c1ccc(-n2c3ccccc3c3cc(N(c4ccc5ccccc5c4)c4ccc5c(c4)c4ccccc4n5-c4ccccc4)ccc32)cc1. The molecule has 3 heteroatoms. The fourth-order valence-corrected chi connectivity index (χ4v) is 7.67. The first-order valence-corrected chi connectivity index (χ1v) is 16.8. The van der Waals surface area contributed by atoms with E-state index < -0.39 is 0 Å². The topological polar surface area (TPSA) is 13.1 Å². The summed E-state index contributed by atoms with van der Waals surface area (Å²) in [5.74, 6) is 0. The Morgan fingerprint density at radius 2 is 0.694 bits per heavy atom. The van der Waals surface area contributed by atoms with Gasteiger partial charge in [0, 0.05) is 50.0 Å². The van der Waals surface area contributed by atoms with Crippen LogP contribution in [0.1, 0.15) is 0 Å². The van der Waals surface area contributed by atoms with Gasteiger partial charge in [0.1, 0.15) is 0 Å². The molecule has 0 bridgehead atoms. The molecular weight excluding hydrogens is 595 g/mol. The van der Waals surface area contributed by atoms with Crippen molar-refractivity contribution < 1.29 is 0 Å². The number of fused-ring (bicyclic) bond motifs is 7. The lowest BCUT2D eigenvalue weighted by Crippen LogP contribution is -2.10. The van der Waals surface area contributed by atoms with E-state index in [1.807, 2.05) is 0 Å². The van der Waals surface area contributed by atoms with Crippen LogP contribution in [-0.4, -0.2) is 9.13 Å². The number of hydrogen-bond acceptors (Lipinski definition) is 1. The highest BCUT2D eigenvalue weighted by Crippen LogP contribution is 2.42. The molecular formula is C46H31N3. The average Bonchev–Trinajstić information content (AvgIpc) is 3.68. The Labute approximate surface area is 284 Å². The summed E-state index contributed by atoms with van der Waals surface area (Å²) < 4.78 is 4.75. The fourth-order valence-electron chi connectivity index (χ4n) is 7.67. The molecule has 2 heterocycles. The van der Waals surface area contributed by atoms with Gasteiger partial charge in [-0.25, -0.2) is 0 Å². The molecule has 10 rings (SSSR count). The Morgan fingerprint density at radius 3 is 1.24 bits per heavy atom. The molecule has 8 aromatic carbocycles. The summed E-state index contributed by atoms with van der Waals surface area (Å²) in [6, 6.07) is 68.0. The summed E-state index contributed by atoms with van der Waals surface area (Å²) in [7, 11) is 0. The van der Waals surface area contributed by atoms with Crippen LogP contribution in [0, 0.1) is 0 Å². The van der Waals surface area contributed by atoms with Gasteiger partial charge in [0.15, 0.2) is 0 Å². The molecule has 3 nitrogen and oxygen atoms in total. The lowest BCUT2D eigenvalue weighted by molar-refractivity contribution is 1.18. The molecule has 0 fully saturated rings. The van der Waals surface area contributed by atoms with Gasteiger partial charge in [0.2, 0.25) is 0 Å². The van der Waals surface area contributed by atoms with Gasteiger partial charge in [-0.3, -0.25) is 0 Å². The number of hydrogen-bond donors (Lipinski definition) is 0. The maximum Gasteiger partial charge on any atom is 0.0542 e. The first kappa shape index (κ1) is 27.5. The number of nitrogens with zero attached hydrogens (tertiary/aromatic N) is 3. The number of rotatable bonds is 5. The third kappa shape index (κ3) is 4.37. The Balaban J connectivity index is 1.23. The van der Waals surface area contributed by atoms with Crippen LogP contribution in [0.4, 0.5) is 17.1 Å². The molecule has 10 aromatic rings. The van der Waals surface area contributed by atoms with Gasteiger partial charge in [-0.2, -0.15) is 0 Å². The summed E-state index contributed by atoms with van der Waals surface area (Å²) in [5, 5.41) is 7.38. The first-order valence-electron chi connectivity index (χ1n) is 16.8. The van der Waals surface area contributed by atoms with Crippen LogP contribution >= 0.6 is 0 Å². The van der Waals surface area contributed by atoms with Gasteiger partial charge in [0.25, 0.3) is 0 Å². The number of para-hydroxylation sites is 4. The molecule has 0 aliphatic carbocycles. The largest absolute Gasteiger partial charge is 0.310 e. The van der Waals surface area contributed by atoms with Crippen LogP contribution in [-0.2, 0) is 0 Å². The van der Waals surface area contributed by atoms with Crippen LogP contribution < -0.4 is 4.90 Å². The molecule has 49 heavy (non-hydrogen) atoms. The third-order valence-electron chi connectivity index (χ3n) is 9.85. The highest BCUT2D eigenvalue weighted by atomic mass is 15.1. The van der Waals surface area contributed by atoms with Crippen molar-refractivity contribution in [1.82, 2.24) is 9.13 Å². The molecule has 0 unspecified atom stereocenters. The molecule has 0 amide bonds. The first-order chi connectivity index (χ1) is 24.3. The van der Waals surface area contributed by atoms with E-state index in [2.05, 4.69) is 202 Å². The monoisotopic (exact) mass is 625 g/mol. The van der Waals surface area contributed by atoms with E-state index in [4.69, 9.17) is 0 Å². The van der Waals surface area contributed by atoms with E-state index in [1.165, 1.54) is 54.4 Å². The van der Waals surface area contributed by atoms with Crippen molar-refractivity contribution in [1.29, 1.82) is 0 Å². The van der Waals surface area contributed by atoms with E-state index >= 15 is 0 Å². The summed E-state index contributed by atoms with van der Waals surface area (Å²) in [5.41, 5.74) is 10.5. The number of anilines is 3. The minimum atomic E-state index is 1.12. The third-order valence-corrected chi connectivity index (χ3v) is 9.85. The van der Waals surface area contributed by atoms with Gasteiger partial charge in [-0.05, 0) is 95.7 Å². The molecule has 0 saturated carbocycles. The highest BCUT2D eigenvalue weighted by Gasteiger charge is 2.20. The summed E-state index contributed by atoms with van der Waals surface area (Å²) in [6.45, 7) is 0. The van der Waals surface area contributed by atoms with Crippen molar-refractivity contribution in [3.05, 3.63) is 188 Å². The van der Waals surface area contributed by atoms with Crippen molar-refractivity contribution in [3.8, 4) is 11.4 Å². The zero-order valence-electron chi connectivity index (χ0n) is 26.7. The van der Waals surface area contributed by atoms with E-state index in [9.17, 15) is 0 Å². The average molecular weight is 626 g/mol. The second kappa shape index (κ2) is 11.0. The zero-order chi connectivity index (χ0) is 32.3. The smallest absolute Gasteiger partial charge is 0.0542 e. The zero-order valence-corrected chi connectivity index (χ0v) is 26.7. The maximum atomic E-state index is 2.41. The summed E-state index contributed by atoms with van der Waals surface area (Å²) >= 11 is 0. The van der Waals surface area contributed by atoms with Gasteiger partial charge in [-0.1, -0.05) is 103 Å². The van der Waals surface area contributed by atoms with E-state index in [0.717, 1.165) is 28.4 Å². The lowest BCUT2D eigenvalue weighted by atomic mass is 10.1. The molecule has 0 aliphatic rings. The van der Waals surface area contributed by atoms with Crippen molar-refractivity contribution in [3.63, 3.8) is 0 Å². The van der Waals surface area contributed by atoms with E-state index in [0.29, 0.717) is 0 Å².